The number of aliphatic hydroxyl groups is 1. The lowest BCUT2D eigenvalue weighted by Crippen LogP contribution is -2.21. The van der Waals surface area contributed by atoms with Crippen LogP contribution in [0.3, 0.4) is 0 Å². The smallest absolute Gasteiger partial charge is 0.331 e. The molecule has 0 spiro atoms. The monoisotopic (exact) mass is 242 g/mol. The molecule has 0 bridgehead atoms. The summed E-state index contributed by atoms with van der Waals surface area (Å²) in [6.45, 7) is 0.564. The second-order valence-corrected chi connectivity index (χ2v) is 4.37. The van der Waals surface area contributed by atoms with Gasteiger partial charge in [0.25, 0.3) is 0 Å². The first-order valence-electron chi connectivity index (χ1n) is 5.80. The van der Waals surface area contributed by atoms with Crippen molar-refractivity contribution in [1.82, 2.24) is 0 Å². The average Bonchev–Trinajstić information content (AvgIpc) is 2.34. The van der Waals surface area contributed by atoms with Crippen LogP contribution < -0.4 is 0 Å². The minimum Gasteiger partial charge on any atom is -0.478 e. The van der Waals surface area contributed by atoms with Crippen LogP contribution in [0.25, 0.3) is 0 Å². The zero-order chi connectivity index (χ0) is 12.7. The van der Waals surface area contributed by atoms with Crippen LogP contribution in [0.5, 0.6) is 0 Å². The molecule has 0 aromatic carbocycles. The number of ether oxygens (including phenoxy) is 1. The van der Waals surface area contributed by atoms with E-state index >= 15 is 0 Å². The van der Waals surface area contributed by atoms with Gasteiger partial charge in [-0.25, -0.2) is 9.59 Å². The summed E-state index contributed by atoms with van der Waals surface area (Å²) in [5.41, 5.74) is 0. The maximum Gasteiger partial charge on any atom is 0.331 e. The van der Waals surface area contributed by atoms with Crippen molar-refractivity contribution in [2.75, 3.05) is 13.2 Å². The summed E-state index contributed by atoms with van der Waals surface area (Å²) < 4.78 is 4.95. The summed E-state index contributed by atoms with van der Waals surface area (Å²) in [6.07, 6.45) is 5.50. The van der Waals surface area contributed by atoms with Crippen LogP contribution in [0.1, 0.15) is 25.7 Å². The van der Waals surface area contributed by atoms with Crippen molar-refractivity contribution < 1.29 is 24.5 Å². The van der Waals surface area contributed by atoms with Gasteiger partial charge in [-0.2, -0.15) is 0 Å². The molecule has 0 unspecified atom stereocenters. The summed E-state index contributed by atoms with van der Waals surface area (Å²) in [6, 6.07) is 0. The Morgan fingerprint density at radius 1 is 1.12 bits per heavy atom. The number of carboxylic acid groups (broad SMARTS) is 1. The first-order chi connectivity index (χ1) is 8.11. The van der Waals surface area contributed by atoms with Gasteiger partial charge in [-0.05, 0) is 37.5 Å². The van der Waals surface area contributed by atoms with E-state index in [9.17, 15) is 9.59 Å². The van der Waals surface area contributed by atoms with Crippen LogP contribution in [0.2, 0.25) is 0 Å². The predicted octanol–water partition coefficient (Wildman–Crippen LogP) is 0.969. The van der Waals surface area contributed by atoms with Crippen molar-refractivity contribution in [2.45, 2.75) is 25.7 Å². The number of aliphatic hydroxyl groups excluding tert-OH is 1. The fraction of sp³-hybridized carbons (Fsp3) is 0.667. The van der Waals surface area contributed by atoms with Crippen molar-refractivity contribution in [3.05, 3.63) is 12.2 Å². The van der Waals surface area contributed by atoms with Crippen molar-refractivity contribution in [3.8, 4) is 0 Å². The van der Waals surface area contributed by atoms with Crippen molar-refractivity contribution >= 4 is 11.9 Å². The normalized spacial score (nSPS) is 24.8. The number of aliphatic carboxylic acids is 1. The third kappa shape index (κ3) is 5.49. The van der Waals surface area contributed by atoms with E-state index in [2.05, 4.69) is 0 Å². The molecule has 5 nitrogen and oxygen atoms in total. The summed E-state index contributed by atoms with van der Waals surface area (Å²) >= 11 is 0. The van der Waals surface area contributed by atoms with Crippen molar-refractivity contribution in [2.24, 2.45) is 11.8 Å². The Balaban J connectivity index is 2.19. The van der Waals surface area contributed by atoms with Crippen LogP contribution in [0.15, 0.2) is 12.2 Å². The minimum absolute atomic E-state index is 0.230. The van der Waals surface area contributed by atoms with Crippen LogP contribution >= 0.6 is 0 Å². The molecule has 1 rings (SSSR count). The molecule has 0 aliphatic heterocycles. The molecular formula is C12H18O5. The zero-order valence-corrected chi connectivity index (χ0v) is 9.67. The molecule has 1 saturated carbocycles. The maximum absolute atomic E-state index is 11.1. The first-order valence-corrected chi connectivity index (χ1v) is 5.80. The quantitative estimate of drug-likeness (QED) is 0.554. The average molecular weight is 242 g/mol. The van der Waals surface area contributed by atoms with Gasteiger partial charge in [0.15, 0.2) is 0 Å². The molecule has 0 saturated heterocycles. The number of hydrogen-bond donors (Lipinski definition) is 2. The Labute approximate surface area is 100 Å². The van der Waals surface area contributed by atoms with E-state index in [1.807, 2.05) is 0 Å². The summed E-state index contributed by atoms with van der Waals surface area (Å²) in [4.78, 5) is 21.3. The largest absolute Gasteiger partial charge is 0.478 e. The minimum atomic E-state index is -1.16. The van der Waals surface area contributed by atoms with Gasteiger partial charge in [0, 0.05) is 18.8 Å². The Bertz CT molecular complexity index is 289. The highest BCUT2D eigenvalue weighted by Gasteiger charge is 2.21. The van der Waals surface area contributed by atoms with E-state index < -0.39 is 11.9 Å². The molecule has 1 aliphatic rings. The first kappa shape index (κ1) is 13.7. The highest BCUT2D eigenvalue weighted by molar-refractivity contribution is 5.90. The molecule has 0 aromatic heterocycles. The molecule has 5 heteroatoms. The number of carbonyl (C=O) groups excluding carboxylic acids is 1. The zero-order valence-electron chi connectivity index (χ0n) is 9.67. The van der Waals surface area contributed by atoms with Crippen molar-refractivity contribution in [3.63, 3.8) is 0 Å². The predicted molar refractivity (Wildman–Crippen MR) is 60.3 cm³/mol. The van der Waals surface area contributed by atoms with Crippen LogP contribution in [-0.2, 0) is 14.3 Å². The number of hydrogen-bond acceptors (Lipinski definition) is 4. The summed E-state index contributed by atoms with van der Waals surface area (Å²) in [5, 5.41) is 17.3. The summed E-state index contributed by atoms with van der Waals surface area (Å²) in [5.74, 6) is -1.06. The van der Waals surface area contributed by atoms with Gasteiger partial charge in [-0.15, -0.1) is 0 Å². The van der Waals surface area contributed by atoms with E-state index in [4.69, 9.17) is 14.9 Å². The lowest BCUT2D eigenvalue weighted by Gasteiger charge is -2.26. The third-order valence-corrected chi connectivity index (χ3v) is 3.05. The van der Waals surface area contributed by atoms with E-state index in [0.29, 0.717) is 18.4 Å². The van der Waals surface area contributed by atoms with E-state index in [0.717, 1.165) is 37.8 Å². The van der Waals surface area contributed by atoms with Gasteiger partial charge in [0.05, 0.1) is 6.61 Å². The fourth-order valence-corrected chi connectivity index (χ4v) is 1.97. The van der Waals surface area contributed by atoms with Gasteiger partial charge < -0.3 is 14.9 Å². The van der Waals surface area contributed by atoms with Gasteiger partial charge in [-0.3, -0.25) is 0 Å². The number of esters is 1. The summed E-state index contributed by atoms with van der Waals surface area (Å²) in [7, 11) is 0. The molecule has 0 heterocycles. The molecule has 0 radical (unpaired) electrons. The molecular weight excluding hydrogens is 224 g/mol. The van der Waals surface area contributed by atoms with Gasteiger partial charge in [0.2, 0.25) is 0 Å². The Hall–Kier alpha value is -1.36. The number of rotatable bonds is 5. The maximum atomic E-state index is 11.1. The van der Waals surface area contributed by atoms with Crippen molar-refractivity contribution in [1.29, 1.82) is 0 Å². The lowest BCUT2D eigenvalue weighted by molar-refractivity contribution is -0.140. The molecule has 0 atom stereocenters. The van der Waals surface area contributed by atoms with Gasteiger partial charge in [-0.1, -0.05) is 0 Å². The van der Waals surface area contributed by atoms with E-state index in [1.165, 1.54) is 0 Å². The second-order valence-electron chi connectivity index (χ2n) is 4.37. The standard InChI is InChI=1S/C12H18O5/c13-7-9-1-3-10(4-2-9)8-17-12(16)6-5-11(14)15/h5-6,9-10,13H,1-4,7-8H2,(H,14,15)/b6-5-. The SMILES string of the molecule is O=C(O)/C=C\C(=O)OCC1CCC(CO)CC1. The highest BCUT2D eigenvalue weighted by atomic mass is 16.5. The highest BCUT2D eigenvalue weighted by Crippen LogP contribution is 2.28. The molecule has 1 aliphatic carbocycles. The molecule has 17 heavy (non-hydrogen) atoms. The fourth-order valence-electron chi connectivity index (χ4n) is 1.97. The van der Waals surface area contributed by atoms with E-state index in [1.54, 1.807) is 0 Å². The Morgan fingerprint density at radius 2 is 1.71 bits per heavy atom. The van der Waals surface area contributed by atoms with Crippen LogP contribution in [0.4, 0.5) is 0 Å². The lowest BCUT2D eigenvalue weighted by atomic mass is 9.83. The molecule has 1 fully saturated rings. The molecule has 0 amide bonds. The Kier molecular flexibility index (Phi) is 5.69. The van der Waals surface area contributed by atoms with Crippen LogP contribution in [0, 0.1) is 11.8 Å². The van der Waals surface area contributed by atoms with Gasteiger partial charge >= 0.3 is 11.9 Å². The van der Waals surface area contributed by atoms with Crippen LogP contribution in [-0.4, -0.2) is 35.4 Å². The Morgan fingerprint density at radius 3 is 2.24 bits per heavy atom. The molecule has 96 valence electrons. The van der Waals surface area contributed by atoms with Gasteiger partial charge in [0.1, 0.15) is 0 Å². The molecule has 0 aromatic rings. The number of carboxylic acids is 1. The topological polar surface area (TPSA) is 83.8 Å². The second kappa shape index (κ2) is 7.06. The number of carbonyl (C=O) groups is 2. The van der Waals surface area contributed by atoms with E-state index in [-0.39, 0.29) is 6.61 Å². The third-order valence-electron chi connectivity index (χ3n) is 3.05. The molecule has 2 N–H and O–H groups in total.